The second-order valence-electron chi connectivity index (χ2n) is 7.11. The molecule has 0 fully saturated rings. The lowest BCUT2D eigenvalue weighted by atomic mass is 9.95. The molecule has 0 spiro atoms. The number of fused-ring (bicyclic) bond motifs is 2. The second kappa shape index (κ2) is 6.98. The third-order valence-electron chi connectivity index (χ3n) is 5.14. The van der Waals surface area contributed by atoms with E-state index in [1.807, 2.05) is 73.9 Å². The lowest BCUT2D eigenvalue weighted by Crippen LogP contribution is -2.19. The number of nitrogens with one attached hydrogen (secondary N) is 3. The Morgan fingerprint density at radius 1 is 0.966 bits per heavy atom. The third kappa shape index (κ3) is 3.18. The maximum absolute atomic E-state index is 11.1. The average Bonchev–Trinajstić information content (AvgIpc) is 3.21. The van der Waals surface area contributed by atoms with Crippen LogP contribution in [0.2, 0.25) is 0 Å². The first-order valence-electron chi connectivity index (χ1n) is 9.46. The lowest BCUT2D eigenvalue weighted by Gasteiger charge is -2.17. The van der Waals surface area contributed by atoms with E-state index >= 15 is 0 Å². The summed E-state index contributed by atoms with van der Waals surface area (Å²) in [4.78, 5) is 6.38. The van der Waals surface area contributed by atoms with Gasteiger partial charge in [0.2, 0.25) is 6.79 Å². The Labute approximate surface area is 167 Å². The van der Waals surface area contributed by atoms with E-state index in [1.54, 1.807) is 0 Å². The number of benzene rings is 2. The molecule has 1 unspecified atom stereocenters. The smallest absolute Gasteiger partial charge is 0.273 e. The van der Waals surface area contributed by atoms with Gasteiger partial charge >= 0.3 is 0 Å². The number of anilines is 1. The summed E-state index contributed by atoms with van der Waals surface area (Å²) in [6.45, 7) is 2.26. The summed E-state index contributed by atoms with van der Waals surface area (Å²) < 4.78 is 11.0. The quantitative estimate of drug-likeness (QED) is 0.562. The average molecular weight is 387 g/mol. The molecule has 0 saturated heterocycles. The Morgan fingerprint density at radius 2 is 1.86 bits per heavy atom. The number of aromatic nitrogens is 2. The number of hydrogen-bond donors (Lipinski definition) is 2. The van der Waals surface area contributed by atoms with Gasteiger partial charge in [-0.25, -0.2) is 9.97 Å². The molecule has 144 valence electrons. The molecule has 2 aromatic carbocycles. The predicted molar refractivity (Wildman–Crippen MR) is 108 cm³/mol. The van der Waals surface area contributed by atoms with E-state index in [4.69, 9.17) is 9.47 Å². The van der Waals surface area contributed by atoms with Crippen LogP contribution in [0.1, 0.15) is 22.7 Å². The number of aryl methyl sites for hydroxylation is 1. The van der Waals surface area contributed by atoms with E-state index in [2.05, 4.69) is 15.3 Å². The fourth-order valence-electron chi connectivity index (χ4n) is 3.68. The first-order chi connectivity index (χ1) is 14.2. The molecule has 3 heterocycles. The summed E-state index contributed by atoms with van der Waals surface area (Å²) in [5, 5.41) is 15.5. The van der Waals surface area contributed by atoms with Crippen molar-refractivity contribution < 1.29 is 24.5 Å². The van der Waals surface area contributed by atoms with Crippen LogP contribution in [0.25, 0.3) is 10.9 Å². The summed E-state index contributed by atoms with van der Waals surface area (Å²) in [7, 11) is 0. The Balaban J connectivity index is 1.65. The van der Waals surface area contributed by atoms with Crippen LogP contribution in [0.15, 0.2) is 67.0 Å². The zero-order chi connectivity index (χ0) is 19.8. The van der Waals surface area contributed by atoms with Gasteiger partial charge in [-0.05, 0) is 48.9 Å². The number of aromatic hydroxyl groups is 1. The first kappa shape index (κ1) is 17.3. The molecule has 6 nitrogen and oxygen atoms in total. The molecule has 2 aromatic heterocycles. The van der Waals surface area contributed by atoms with Crippen LogP contribution in [-0.4, -0.2) is 11.9 Å². The van der Waals surface area contributed by atoms with Crippen LogP contribution in [0.4, 0.5) is 5.82 Å². The maximum atomic E-state index is 11.1. The van der Waals surface area contributed by atoms with Crippen molar-refractivity contribution in [2.75, 3.05) is 12.1 Å². The molecule has 0 aliphatic carbocycles. The number of aromatic amines is 2. The largest absolute Gasteiger partial charge is 0.502 e. The van der Waals surface area contributed by atoms with Crippen molar-refractivity contribution in [1.29, 1.82) is 0 Å². The van der Waals surface area contributed by atoms with Crippen molar-refractivity contribution in [2.45, 2.75) is 13.0 Å². The number of ether oxygens (including phenoxy) is 2. The zero-order valence-electron chi connectivity index (χ0n) is 15.9. The maximum Gasteiger partial charge on any atom is 0.273 e. The van der Waals surface area contributed by atoms with Crippen LogP contribution >= 0.6 is 0 Å². The minimum Gasteiger partial charge on any atom is -0.502 e. The normalized spacial score (nSPS) is 13.4. The van der Waals surface area contributed by atoms with E-state index in [0.29, 0.717) is 11.3 Å². The first-order valence-corrected chi connectivity index (χ1v) is 9.46. The molecule has 0 saturated carbocycles. The molecule has 1 aliphatic heterocycles. The molecule has 29 heavy (non-hydrogen) atoms. The zero-order valence-corrected chi connectivity index (χ0v) is 15.9. The molecule has 0 amide bonds. The van der Waals surface area contributed by atoms with Crippen molar-refractivity contribution in [3.63, 3.8) is 0 Å². The highest BCUT2D eigenvalue weighted by molar-refractivity contribution is 5.83. The van der Waals surface area contributed by atoms with E-state index in [0.717, 1.165) is 33.6 Å². The van der Waals surface area contributed by atoms with E-state index in [1.165, 1.54) is 0 Å². The molecule has 4 aromatic rings. The molecular formula is C23H21N3O3+2. The number of phenolic OH excluding ortho intramolecular Hbond substituents is 1. The topological polar surface area (TPSA) is 79.0 Å². The molecule has 5 rings (SSSR count). The van der Waals surface area contributed by atoms with Crippen LogP contribution < -0.4 is 24.8 Å². The SMILES string of the molecule is Cc1cc[nH+]c(NC(c2ccc3c(c2)OCO3)c2ccc3ccc[nH+]c3c2O)c1. The van der Waals surface area contributed by atoms with Gasteiger partial charge in [0.1, 0.15) is 6.04 Å². The van der Waals surface area contributed by atoms with Gasteiger partial charge in [0.25, 0.3) is 11.3 Å². The van der Waals surface area contributed by atoms with Gasteiger partial charge < -0.3 is 14.6 Å². The highest BCUT2D eigenvalue weighted by atomic mass is 16.7. The Morgan fingerprint density at radius 3 is 2.76 bits per heavy atom. The lowest BCUT2D eigenvalue weighted by molar-refractivity contribution is -0.361. The Hall–Kier alpha value is -3.80. The minimum atomic E-state index is -0.305. The fraction of sp³-hybridized carbons (Fsp3) is 0.130. The van der Waals surface area contributed by atoms with Crippen LogP contribution in [0.3, 0.4) is 0 Å². The molecule has 1 atom stereocenters. The van der Waals surface area contributed by atoms with Gasteiger partial charge in [-0.3, -0.25) is 5.32 Å². The van der Waals surface area contributed by atoms with Gasteiger partial charge in [0, 0.05) is 23.3 Å². The van der Waals surface area contributed by atoms with E-state index in [9.17, 15) is 5.11 Å². The van der Waals surface area contributed by atoms with Crippen LogP contribution in [0.5, 0.6) is 17.2 Å². The highest BCUT2D eigenvalue weighted by Gasteiger charge is 2.27. The van der Waals surface area contributed by atoms with Crippen molar-refractivity contribution in [1.82, 2.24) is 0 Å². The summed E-state index contributed by atoms with van der Waals surface area (Å²) in [5.74, 6) is 2.50. The standard InChI is InChI=1S/C23H19N3O3/c1-14-8-10-24-20(11-14)26-21(16-5-7-18-19(12-16)29-13-28-18)17-6-4-15-3-2-9-25-22(15)23(17)27/h2-12,21,27H,13H2,1H3,(H,24,26)/p+2. The molecular weight excluding hydrogens is 366 g/mol. The van der Waals surface area contributed by atoms with Gasteiger partial charge in [0.05, 0.1) is 11.6 Å². The summed E-state index contributed by atoms with van der Waals surface area (Å²) in [5.41, 5.74) is 3.54. The van der Waals surface area contributed by atoms with Crippen LogP contribution in [-0.2, 0) is 0 Å². The van der Waals surface area contributed by atoms with Gasteiger partial charge in [-0.1, -0.05) is 6.07 Å². The van der Waals surface area contributed by atoms with E-state index in [-0.39, 0.29) is 18.6 Å². The molecule has 0 bridgehead atoms. The number of rotatable bonds is 4. The second-order valence-corrected chi connectivity index (χ2v) is 7.11. The number of H-pyrrole nitrogens is 2. The Bertz CT molecular complexity index is 1210. The van der Waals surface area contributed by atoms with E-state index < -0.39 is 0 Å². The molecule has 4 N–H and O–H groups in total. The van der Waals surface area contributed by atoms with Gasteiger partial charge in [-0.15, -0.1) is 0 Å². The molecule has 0 radical (unpaired) electrons. The van der Waals surface area contributed by atoms with Crippen molar-refractivity contribution >= 4 is 16.7 Å². The van der Waals surface area contributed by atoms with Gasteiger partial charge in [-0.2, -0.15) is 0 Å². The predicted octanol–water partition coefficient (Wildman–Crippen LogP) is 3.41. The molecule has 6 heteroatoms. The summed E-state index contributed by atoms with van der Waals surface area (Å²) >= 11 is 0. The minimum absolute atomic E-state index is 0.214. The molecule has 1 aliphatic rings. The number of pyridine rings is 2. The monoisotopic (exact) mass is 387 g/mol. The Kier molecular flexibility index (Phi) is 4.17. The highest BCUT2D eigenvalue weighted by Crippen LogP contribution is 2.39. The summed E-state index contributed by atoms with van der Waals surface area (Å²) in [6.07, 6.45) is 3.70. The van der Waals surface area contributed by atoms with Crippen molar-refractivity contribution in [3.8, 4) is 17.2 Å². The van der Waals surface area contributed by atoms with Crippen molar-refractivity contribution in [2.24, 2.45) is 0 Å². The number of phenols is 1. The van der Waals surface area contributed by atoms with Crippen LogP contribution in [0, 0.1) is 6.92 Å². The van der Waals surface area contributed by atoms with Gasteiger partial charge in [0.15, 0.2) is 23.4 Å². The fourth-order valence-corrected chi connectivity index (χ4v) is 3.68. The third-order valence-corrected chi connectivity index (χ3v) is 5.14. The number of hydrogen-bond acceptors (Lipinski definition) is 4. The van der Waals surface area contributed by atoms with Crippen molar-refractivity contribution in [3.05, 3.63) is 83.7 Å². The summed E-state index contributed by atoms with van der Waals surface area (Å²) in [6, 6.07) is 17.4.